The summed E-state index contributed by atoms with van der Waals surface area (Å²) in [7, 11) is 0. The van der Waals surface area contributed by atoms with Gasteiger partial charge in [0.25, 0.3) is 0 Å². The van der Waals surface area contributed by atoms with Gasteiger partial charge in [-0.15, -0.1) is 12.3 Å². The van der Waals surface area contributed by atoms with Crippen molar-refractivity contribution in [3.05, 3.63) is 6.92 Å². The van der Waals surface area contributed by atoms with E-state index in [4.69, 9.17) is 11.2 Å². The van der Waals surface area contributed by atoms with Crippen molar-refractivity contribution in [3.63, 3.8) is 0 Å². The van der Waals surface area contributed by atoms with Crippen LogP contribution in [0, 0.1) is 19.3 Å². The van der Waals surface area contributed by atoms with Crippen molar-refractivity contribution < 1.29 is 4.74 Å². The van der Waals surface area contributed by atoms with Crippen LogP contribution < -0.4 is 0 Å². The Kier molecular flexibility index (Phi) is 9.25. The lowest BCUT2D eigenvalue weighted by atomic mass is 10.2. The van der Waals surface area contributed by atoms with Crippen LogP contribution in [0.2, 0.25) is 0 Å². The molecule has 0 heterocycles. The standard InChI is InChI=1S/C12H21O/c1-4-6-8-9-11-13-12(3)10-7-5-2/h1,12H,2,5-11H2,3H3. The molecule has 1 nitrogen and oxygen atoms in total. The van der Waals surface area contributed by atoms with E-state index in [0.29, 0.717) is 6.10 Å². The summed E-state index contributed by atoms with van der Waals surface area (Å²) in [6, 6.07) is 0. The van der Waals surface area contributed by atoms with Crippen molar-refractivity contribution >= 4 is 0 Å². The smallest absolute Gasteiger partial charge is 0.0547 e. The molecule has 13 heavy (non-hydrogen) atoms. The molecule has 0 aliphatic rings. The maximum absolute atomic E-state index is 5.59. The van der Waals surface area contributed by atoms with Gasteiger partial charge >= 0.3 is 0 Å². The molecule has 0 saturated carbocycles. The van der Waals surface area contributed by atoms with Gasteiger partial charge in [0.05, 0.1) is 6.10 Å². The summed E-state index contributed by atoms with van der Waals surface area (Å²) in [5, 5.41) is 0. The van der Waals surface area contributed by atoms with Crippen LogP contribution >= 0.6 is 0 Å². The molecule has 0 aliphatic carbocycles. The van der Waals surface area contributed by atoms with E-state index in [2.05, 4.69) is 19.8 Å². The van der Waals surface area contributed by atoms with Crippen LogP contribution in [-0.4, -0.2) is 12.7 Å². The highest BCUT2D eigenvalue weighted by Crippen LogP contribution is 2.05. The second kappa shape index (κ2) is 9.61. The van der Waals surface area contributed by atoms with Crippen LogP contribution in [0.5, 0.6) is 0 Å². The van der Waals surface area contributed by atoms with Crippen LogP contribution in [-0.2, 0) is 4.74 Å². The van der Waals surface area contributed by atoms with Gasteiger partial charge in [-0.25, -0.2) is 0 Å². The Labute approximate surface area is 82.9 Å². The second-order valence-electron chi connectivity index (χ2n) is 3.34. The van der Waals surface area contributed by atoms with Crippen molar-refractivity contribution in [2.24, 2.45) is 0 Å². The van der Waals surface area contributed by atoms with Crippen molar-refractivity contribution in [1.82, 2.24) is 0 Å². The van der Waals surface area contributed by atoms with Gasteiger partial charge in [-0.2, -0.15) is 0 Å². The Bertz CT molecular complexity index is 135. The van der Waals surface area contributed by atoms with E-state index in [-0.39, 0.29) is 0 Å². The highest BCUT2D eigenvalue weighted by Gasteiger charge is 1.99. The van der Waals surface area contributed by atoms with Gasteiger partial charge in [-0.1, -0.05) is 19.8 Å². The molecule has 0 rings (SSSR count). The zero-order valence-corrected chi connectivity index (χ0v) is 8.72. The van der Waals surface area contributed by atoms with Crippen molar-refractivity contribution in [1.29, 1.82) is 0 Å². The Morgan fingerprint density at radius 2 is 2.15 bits per heavy atom. The molecule has 0 amide bonds. The van der Waals surface area contributed by atoms with Gasteiger partial charge in [-0.05, 0) is 26.2 Å². The van der Waals surface area contributed by atoms with Gasteiger partial charge in [0.15, 0.2) is 0 Å². The number of unbranched alkanes of at least 4 members (excludes halogenated alkanes) is 3. The summed E-state index contributed by atoms with van der Waals surface area (Å²) in [6.45, 7) is 6.77. The SMILES string of the molecule is C#CCCCCOC(C)CCC[CH2]. The normalized spacial score (nSPS) is 12.4. The van der Waals surface area contributed by atoms with E-state index in [1.165, 1.54) is 0 Å². The number of hydrogen-bond donors (Lipinski definition) is 0. The average Bonchev–Trinajstić information content (AvgIpc) is 2.14. The summed E-state index contributed by atoms with van der Waals surface area (Å²) in [6.07, 6.45) is 11.8. The van der Waals surface area contributed by atoms with Gasteiger partial charge < -0.3 is 4.74 Å². The molecule has 0 aromatic rings. The minimum atomic E-state index is 0.382. The molecule has 1 atom stereocenters. The first kappa shape index (κ1) is 12.5. The molecule has 0 fully saturated rings. The summed E-state index contributed by atoms with van der Waals surface area (Å²) in [4.78, 5) is 0. The molecule has 0 saturated heterocycles. The third-order valence-electron chi connectivity index (χ3n) is 1.98. The first-order valence-corrected chi connectivity index (χ1v) is 5.15. The first-order chi connectivity index (χ1) is 6.31. The fourth-order valence-corrected chi connectivity index (χ4v) is 1.13. The summed E-state index contributed by atoms with van der Waals surface area (Å²) in [5.41, 5.74) is 0. The predicted octanol–water partition coefficient (Wildman–Crippen LogP) is 3.20. The van der Waals surface area contributed by atoms with E-state index < -0.39 is 0 Å². The lowest BCUT2D eigenvalue weighted by molar-refractivity contribution is 0.0568. The lowest BCUT2D eigenvalue weighted by Gasteiger charge is -2.11. The third kappa shape index (κ3) is 9.43. The molecule has 1 radical (unpaired) electrons. The summed E-state index contributed by atoms with van der Waals surface area (Å²) < 4.78 is 5.59. The Morgan fingerprint density at radius 1 is 1.38 bits per heavy atom. The van der Waals surface area contributed by atoms with E-state index in [9.17, 15) is 0 Å². The number of rotatable bonds is 8. The predicted molar refractivity (Wildman–Crippen MR) is 57.3 cm³/mol. The van der Waals surface area contributed by atoms with Crippen LogP contribution in [0.25, 0.3) is 0 Å². The van der Waals surface area contributed by atoms with Crippen LogP contribution in [0.1, 0.15) is 45.4 Å². The van der Waals surface area contributed by atoms with E-state index in [1.807, 2.05) is 0 Å². The number of ether oxygens (including phenoxy) is 1. The van der Waals surface area contributed by atoms with Crippen molar-refractivity contribution in [3.8, 4) is 12.3 Å². The van der Waals surface area contributed by atoms with Crippen molar-refractivity contribution in [2.45, 2.75) is 51.6 Å². The van der Waals surface area contributed by atoms with Gasteiger partial charge in [-0.3, -0.25) is 0 Å². The zero-order chi connectivity index (χ0) is 9.94. The molecule has 0 spiro atoms. The van der Waals surface area contributed by atoms with Crippen LogP contribution in [0.15, 0.2) is 0 Å². The van der Waals surface area contributed by atoms with E-state index in [1.54, 1.807) is 0 Å². The lowest BCUT2D eigenvalue weighted by Crippen LogP contribution is -2.08. The second-order valence-corrected chi connectivity index (χ2v) is 3.34. The fourth-order valence-electron chi connectivity index (χ4n) is 1.13. The Balaban J connectivity index is 3.08. The molecule has 1 unspecified atom stereocenters. The molecule has 0 bridgehead atoms. The average molecular weight is 181 g/mol. The molecule has 0 aromatic heterocycles. The van der Waals surface area contributed by atoms with Gasteiger partial charge in [0.2, 0.25) is 0 Å². The van der Waals surface area contributed by atoms with Crippen LogP contribution in [0.3, 0.4) is 0 Å². The summed E-state index contributed by atoms with van der Waals surface area (Å²) in [5.74, 6) is 2.63. The highest BCUT2D eigenvalue weighted by atomic mass is 16.5. The minimum Gasteiger partial charge on any atom is -0.379 e. The maximum Gasteiger partial charge on any atom is 0.0547 e. The first-order valence-electron chi connectivity index (χ1n) is 5.15. The van der Waals surface area contributed by atoms with Crippen LogP contribution in [0.4, 0.5) is 0 Å². The largest absolute Gasteiger partial charge is 0.379 e. The van der Waals surface area contributed by atoms with Gasteiger partial charge in [0.1, 0.15) is 0 Å². The monoisotopic (exact) mass is 181 g/mol. The molecule has 75 valence electrons. The zero-order valence-electron chi connectivity index (χ0n) is 8.72. The summed E-state index contributed by atoms with van der Waals surface area (Å²) >= 11 is 0. The van der Waals surface area contributed by atoms with Gasteiger partial charge in [0, 0.05) is 13.0 Å². The quantitative estimate of drug-likeness (QED) is 0.413. The maximum atomic E-state index is 5.59. The molecular weight excluding hydrogens is 160 g/mol. The van der Waals surface area contributed by atoms with Crippen molar-refractivity contribution in [2.75, 3.05) is 6.61 Å². The molecular formula is C12H21O. The fraction of sp³-hybridized carbons (Fsp3) is 0.750. The molecule has 0 aliphatic heterocycles. The van der Waals surface area contributed by atoms with E-state index in [0.717, 1.165) is 45.1 Å². The minimum absolute atomic E-state index is 0.382. The number of terminal acetylenes is 1. The molecule has 1 heteroatoms. The van der Waals surface area contributed by atoms with E-state index >= 15 is 0 Å². The molecule has 0 aromatic carbocycles. The Morgan fingerprint density at radius 3 is 2.77 bits per heavy atom. The number of hydrogen-bond acceptors (Lipinski definition) is 1. The molecule has 0 N–H and O–H groups in total. The third-order valence-corrected chi connectivity index (χ3v) is 1.98. The Hall–Kier alpha value is -0.480. The highest BCUT2D eigenvalue weighted by molar-refractivity contribution is 4.82. The topological polar surface area (TPSA) is 9.23 Å².